The third-order valence-corrected chi connectivity index (χ3v) is 3.31. The number of carbonyl (C=O) groups excluding carboxylic acids is 1. The van der Waals surface area contributed by atoms with Crippen molar-refractivity contribution in [2.45, 2.75) is 19.8 Å². The summed E-state index contributed by atoms with van der Waals surface area (Å²) in [5, 5.41) is 0. The maximum absolute atomic E-state index is 12.5. The average molecular weight is 269 g/mol. The highest BCUT2D eigenvalue weighted by atomic mass is 16.5. The van der Waals surface area contributed by atoms with Crippen molar-refractivity contribution in [1.82, 2.24) is 0 Å². The monoisotopic (exact) mass is 269 g/mol. The van der Waals surface area contributed by atoms with E-state index in [1.54, 1.807) is 31.4 Å². The molecule has 2 rings (SSSR count). The lowest BCUT2D eigenvalue weighted by atomic mass is 9.97. The molecule has 2 aromatic rings. The van der Waals surface area contributed by atoms with Gasteiger partial charge in [0.15, 0.2) is 5.78 Å². The molecule has 0 spiro atoms. The van der Waals surface area contributed by atoms with Gasteiger partial charge in [-0.25, -0.2) is 0 Å². The number of nitrogen functional groups attached to an aromatic ring is 1. The van der Waals surface area contributed by atoms with E-state index in [4.69, 9.17) is 10.5 Å². The molecular weight excluding hydrogens is 250 g/mol. The Morgan fingerprint density at radius 1 is 1.10 bits per heavy atom. The first-order chi connectivity index (χ1) is 9.52. The Bertz CT molecular complexity index is 615. The fourth-order valence-corrected chi connectivity index (χ4v) is 2.04. The molecule has 20 heavy (non-hydrogen) atoms. The Labute approximate surface area is 119 Å². The number of methoxy groups -OCH3 is 1. The van der Waals surface area contributed by atoms with E-state index in [0.717, 1.165) is 5.56 Å². The summed E-state index contributed by atoms with van der Waals surface area (Å²) in [5.74, 6) is 0.944. The molecule has 3 heteroatoms. The molecule has 104 valence electrons. The van der Waals surface area contributed by atoms with Crippen LogP contribution in [0.1, 0.15) is 41.3 Å². The van der Waals surface area contributed by atoms with Crippen molar-refractivity contribution in [2.75, 3.05) is 12.8 Å². The van der Waals surface area contributed by atoms with Crippen LogP contribution in [0, 0.1) is 0 Å². The Morgan fingerprint density at radius 3 is 2.30 bits per heavy atom. The summed E-state index contributed by atoms with van der Waals surface area (Å²) in [6, 6.07) is 12.6. The number of rotatable bonds is 4. The first-order valence-electron chi connectivity index (χ1n) is 6.61. The molecule has 2 N–H and O–H groups in total. The van der Waals surface area contributed by atoms with Gasteiger partial charge in [0.25, 0.3) is 0 Å². The van der Waals surface area contributed by atoms with Crippen LogP contribution in [0.4, 0.5) is 5.69 Å². The summed E-state index contributed by atoms with van der Waals surface area (Å²) in [7, 11) is 1.58. The second-order valence-electron chi connectivity index (χ2n) is 5.07. The number of ether oxygens (including phenoxy) is 1. The summed E-state index contributed by atoms with van der Waals surface area (Å²) < 4.78 is 5.36. The van der Waals surface area contributed by atoms with Gasteiger partial charge in [-0.3, -0.25) is 4.79 Å². The maximum Gasteiger partial charge on any atom is 0.196 e. The van der Waals surface area contributed by atoms with E-state index in [0.29, 0.717) is 28.5 Å². The topological polar surface area (TPSA) is 52.3 Å². The second-order valence-corrected chi connectivity index (χ2v) is 5.07. The molecular formula is C17H19NO2. The van der Waals surface area contributed by atoms with Crippen LogP contribution in [0.25, 0.3) is 0 Å². The lowest BCUT2D eigenvalue weighted by Crippen LogP contribution is -2.05. The van der Waals surface area contributed by atoms with E-state index >= 15 is 0 Å². The molecule has 0 radical (unpaired) electrons. The standard InChI is InChI=1S/C17H19NO2/c1-11(2)13-6-9-15(16(10-13)20-3)17(19)12-4-7-14(18)8-5-12/h4-11H,18H2,1-3H3. The van der Waals surface area contributed by atoms with Crippen LogP contribution < -0.4 is 10.5 Å². The van der Waals surface area contributed by atoms with Gasteiger partial charge in [-0.15, -0.1) is 0 Å². The molecule has 0 aliphatic rings. The van der Waals surface area contributed by atoms with Gasteiger partial charge >= 0.3 is 0 Å². The Hall–Kier alpha value is -2.29. The number of nitrogens with two attached hydrogens (primary N) is 1. The van der Waals surface area contributed by atoms with Gasteiger partial charge in [-0.05, 0) is 47.9 Å². The van der Waals surface area contributed by atoms with Gasteiger partial charge in [0, 0.05) is 11.3 Å². The quantitative estimate of drug-likeness (QED) is 0.681. The van der Waals surface area contributed by atoms with Gasteiger partial charge in [-0.1, -0.05) is 19.9 Å². The van der Waals surface area contributed by atoms with Crippen LogP contribution in [-0.2, 0) is 0 Å². The van der Waals surface area contributed by atoms with E-state index in [1.807, 2.05) is 18.2 Å². The van der Waals surface area contributed by atoms with Gasteiger partial charge in [0.05, 0.1) is 12.7 Å². The predicted octanol–water partition coefficient (Wildman–Crippen LogP) is 3.63. The average Bonchev–Trinajstić information content (AvgIpc) is 2.46. The molecule has 0 saturated carbocycles. The van der Waals surface area contributed by atoms with Crippen LogP contribution in [0.15, 0.2) is 42.5 Å². The Balaban J connectivity index is 2.41. The number of benzene rings is 2. The van der Waals surface area contributed by atoms with Crippen molar-refractivity contribution >= 4 is 11.5 Å². The van der Waals surface area contributed by atoms with Crippen LogP contribution >= 0.6 is 0 Å². The van der Waals surface area contributed by atoms with Crippen molar-refractivity contribution in [2.24, 2.45) is 0 Å². The molecule has 2 aromatic carbocycles. The minimum Gasteiger partial charge on any atom is -0.496 e. The highest BCUT2D eigenvalue weighted by Crippen LogP contribution is 2.26. The van der Waals surface area contributed by atoms with Gasteiger partial charge in [0.1, 0.15) is 5.75 Å². The summed E-state index contributed by atoms with van der Waals surface area (Å²) in [5.41, 5.74) is 8.61. The number of ketones is 1. The van der Waals surface area contributed by atoms with E-state index < -0.39 is 0 Å². The Kier molecular flexibility index (Phi) is 4.08. The van der Waals surface area contributed by atoms with Crippen molar-refractivity contribution < 1.29 is 9.53 Å². The molecule has 0 unspecified atom stereocenters. The zero-order valence-electron chi connectivity index (χ0n) is 12.0. The van der Waals surface area contributed by atoms with Gasteiger partial charge in [-0.2, -0.15) is 0 Å². The zero-order chi connectivity index (χ0) is 14.7. The lowest BCUT2D eigenvalue weighted by molar-refractivity contribution is 0.103. The lowest BCUT2D eigenvalue weighted by Gasteiger charge is -2.12. The number of hydrogen-bond acceptors (Lipinski definition) is 3. The summed E-state index contributed by atoms with van der Waals surface area (Å²) in [6.07, 6.45) is 0. The number of hydrogen-bond donors (Lipinski definition) is 1. The van der Waals surface area contributed by atoms with E-state index in [1.165, 1.54) is 0 Å². The SMILES string of the molecule is COc1cc(C(C)C)ccc1C(=O)c1ccc(N)cc1. The number of anilines is 1. The van der Waals surface area contributed by atoms with Crippen molar-refractivity contribution in [3.8, 4) is 5.75 Å². The van der Waals surface area contributed by atoms with E-state index in [2.05, 4.69) is 13.8 Å². The van der Waals surface area contributed by atoms with E-state index in [9.17, 15) is 4.79 Å². The molecule has 0 aliphatic carbocycles. The van der Waals surface area contributed by atoms with Gasteiger partial charge in [0.2, 0.25) is 0 Å². The highest BCUT2D eigenvalue weighted by molar-refractivity contribution is 6.10. The fraction of sp³-hybridized carbons (Fsp3) is 0.235. The largest absolute Gasteiger partial charge is 0.496 e. The zero-order valence-corrected chi connectivity index (χ0v) is 12.0. The number of carbonyl (C=O) groups is 1. The van der Waals surface area contributed by atoms with E-state index in [-0.39, 0.29) is 5.78 Å². The molecule has 3 nitrogen and oxygen atoms in total. The highest BCUT2D eigenvalue weighted by Gasteiger charge is 2.15. The summed E-state index contributed by atoms with van der Waals surface area (Å²) in [6.45, 7) is 4.21. The maximum atomic E-state index is 12.5. The van der Waals surface area contributed by atoms with Crippen LogP contribution in [0.3, 0.4) is 0 Å². The van der Waals surface area contributed by atoms with Crippen LogP contribution in [0.2, 0.25) is 0 Å². The molecule has 0 aliphatic heterocycles. The molecule has 0 amide bonds. The summed E-state index contributed by atoms with van der Waals surface area (Å²) >= 11 is 0. The van der Waals surface area contributed by atoms with Gasteiger partial charge < -0.3 is 10.5 Å². The third kappa shape index (κ3) is 2.82. The first-order valence-corrected chi connectivity index (χ1v) is 6.61. The molecule has 0 aromatic heterocycles. The molecule has 0 heterocycles. The molecule has 0 saturated heterocycles. The minimum absolute atomic E-state index is 0.0582. The predicted molar refractivity (Wildman–Crippen MR) is 81.4 cm³/mol. The smallest absolute Gasteiger partial charge is 0.196 e. The van der Waals surface area contributed by atoms with Crippen molar-refractivity contribution in [3.63, 3.8) is 0 Å². The third-order valence-electron chi connectivity index (χ3n) is 3.31. The Morgan fingerprint density at radius 2 is 1.75 bits per heavy atom. The summed E-state index contributed by atoms with van der Waals surface area (Å²) in [4.78, 5) is 12.5. The van der Waals surface area contributed by atoms with Crippen molar-refractivity contribution in [1.29, 1.82) is 0 Å². The van der Waals surface area contributed by atoms with Crippen LogP contribution in [-0.4, -0.2) is 12.9 Å². The minimum atomic E-state index is -0.0582. The fourth-order valence-electron chi connectivity index (χ4n) is 2.04. The normalized spacial score (nSPS) is 10.6. The molecule has 0 fully saturated rings. The van der Waals surface area contributed by atoms with Crippen molar-refractivity contribution in [3.05, 3.63) is 59.2 Å². The first kappa shape index (κ1) is 14.1. The molecule has 0 atom stereocenters. The molecule has 0 bridgehead atoms. The van der Waals surface area contributed by atoms with Crippen LogP contribution in [0.5, 0.6) is 5.75 Å². The second kappa shape index (κ2) is 5.78.